The van der Waals surface area contributed by atoms with Gasteiger partial charge in [-0.1, -0.05) is 49.4 Å². The van der Waals surface area contributed by atoms with Gasteiger partial charge in [0.2, 0.25) is 5.91 Å². The van der Waals surface area contributed by atoms with Crippen LogP contribution in [0.3, 0.4) is 0 Å². The smallest absolute Gasteiger partial charge is 0.224 e. The summed E-state index contributed by atoms with van der Waals surface area (Å²) in [4.78, 5) is 12.1. The highest BCUT2D eigenvalue weighted by Gasteiger charge is 2.19. The van der Waals surface area contributed by atoms with Gasteiger partial charge in [-0.25, -0.2) is 0 Å². The van der Waals surface area contributed by atoms with Crippen molar-refractivity contribution < 1.29 is 4.79 Å². The Balaban J connectivity index is 2.24. The second kappa shape index (κ2) is 6.06. The van der Waals surface area contributed by atoms with Crippen molar-refractivity contribution in [3.8, 4) is 0 Å². The van der Waals surface area contributed by atoms with Gasteiger partial charge in [0, 0.05) is 12.0 Å². The molecule has 0 aliphatic rings. The topological polar surface area (TPSA) is 55.1 Å². The van der Waals surface area contributed by atoms with E-state index in [-0.39, 0.29) is 23.9 Å². The van der Waals surface area contributed by atoms with E-state index in [9.17, 15) is 4.79 Å². The van der Waals surface area contributed by atoms with Crippen LogP contribution >= 0.6 is 0 Å². The number of hydrogen-bond donors (Lipinski definition) is 2. The second-order valence-corrected chi connectivity index (χ2v) is 5.45. The standard InChI is InChI=1S/C17H22N2O/c1-11(12(2)18)17(20)19-13(3)15-10-6-8-14-7-4-5-9-16(14)15/h4-13H,18H2,1-3H3,(H,19,20). The SMILES string of the molecule is CC(NC(=O)C(C)C(C)N)c1cccc2ccccc12. The fraction of sp³-hybridized carbons (Fsp3) is 0.353. The molecule has 3 nitrogen and oxygen atoms in total. The first-order chi connectivity index (χ1) is 9.50. The number of carbonyl (C=O) groups excluding carboxylic acids is 1. The highest BCUT2D eigenvalue weighted by molar-refractivity contribution is 5.87. The minimum atomic E-state index is -0.188. The molecule has 0 heterocycles. The minimum absolute atomic E-state index is 0.000402. The number of rotatable bonds is 4. The van der Waals surface area contributed by atoms with Crippen molar-refractivity contribution in [1.82, 2.24) is 5.32 Å². The molecule has 3 N–H and O–H groups in total. The van der Waals surface area contributed by atoms with Gasteiger partial charge in [0.1, 0.15) is 0 Å². The number of nitrogens with one attached hydrogen (secondary N) is 1. The first kappa shape index (κ1) is 14.5. The molecule has 0 aliphatic heterocycles. The monoisotopic (exact) mass is 270 g/mol. The van der Waals surface area contributed by atoms with Crippen LogP contribution in [0.2, 0.25) is 0 Å². The lowest BCUT2D eigenvalue weighted by Gasteiger charge is -2.21. The van der Waals surface area contributed by atoms with Crippen LogP contribution in [0.4, 0.5) is 0 Å². The molecule has 3 atom stereocenters. The molecule has 0 fully saturated rings. The van der Waals surface area contributed by atoms with Crippen molar-refractivity contribution in [2.24, 2.45) is 11.7 Å². The summed E-state index contributed by atoms with van der Waals surface area (Å²) in [6.07, 6.45) is 0. The predicted octanol–water partition coefficient (Wildman–Crippen LogP) is 3.00. The third-order valence-electron chi connectivity index (χ3n) is 3.85. The Hall–Kier alpha value is -1.87. The molecular weight excluding hydrogens is 248 g/mol. The summed E-state index contributed by atoms with van der Waals surface area (Å²) in [5.41, 5.74) is 6.91. The van der Waals surface area contributed by atoms with Crippen molar-refractivity contribution in [2.45, 2.75) is 32.9 Å². The molecule has 0 saturated carbocycles. The van der Waals surface area contributed by atoms with Gasteiger partial charge in [-0.15, -0.1) is 0 Å². The van der Waals surface area contributed by atoms with Crippen LogP contribution < -0.4 is 11.1 Å². The lowest BCUT2D eigenvalue weighted by Crippen LogP contribution is -2.39. The van der Waals surface area contributed by atoms with E-state index in [2.05, 4.69) is 29.6 Å². The molecule has 0 aromatic heterocycles. The van der Waals surface area contributed by atoms with Gasteiger partial charge >= 0.3 is 0 Å². The van der Waals surface area contributed by atoms with E-state index in [0.29, 0.717) is 0 Å². The van der Waals surface area contributed by atoms with Gasteiger partial charge in [-0.05, 0) is 30.2 Å². The maximum absolute atomic E-state index is 12.1. The number of benzene rings is 2. The summed E-state index contributed by atoms with van der Waals surface area (Å²) in [5, 5.41) is 5.41. The van der Waals surface area contributed by atoms with E-state index < -0.39 is 0 Å². The van der Waals surface area contributed by atoms with Crippen molar-refractivity contribution in [3.05, 3.63) is 48.0 Å². The van der Waals surface area contributed by atoms with Crippen LogP contribution in [-0.4, -0.2) is 11.9 Å². The number of carbonyl (C=O) groups is 1. The summed E-state index contributed by atoms with van der Waals surface area (Å²) in [6.45, 7) is 5.72. The van der Waals surface area contributed by atoms with Gasteiger partial charge in [-0.3, -0.25) is 4.79 Å². The maximum atomic E-state index is 12.1. The molecule has 1 amide bonds. The van der Waals surface area contributed by atoms with Crippen LogP contribution in [-0.2, 0) is 4.79 Å². The zero-order valence-corrected chi connectivity index (χ0v) is 12.3. The Labute approximate surface area is 120 Å². The Morgan fingerprint density at radius 1 is 1.05 bits per heavy atom. The van der Waals surface area contributed by atoms with Crippen LogP contribution in [0.5, 0.6) is 0 Å². The second-order valence-electron chi connectivity index (χ2n) is 5.45. The molecule has 106 valence electrons. The van der Waals surface area contributed by atoms with Gasteiger partial charge < -0.3 is 11.1 Å². The predicted molar refractivity (Wildman–Crippen MR) is 83.3 cm³/mol. The Bertz CT molecular complexity index is 601. The van der Waals surface area contributed by atoms with Crippen molar-refractivity contribution >= 4 is 16.7 Å². The Morgan fingerprint density at radius 2 is 1.70 bits per heavy atom. The van der Waals surface area contributed by atoms with E-state index in [1.807, 2.05) is 39.0 Å². The zero-order chi connectivity index (χ0) is 14.7. The number of amides is 1. The highest BCUT2D eigenvalue weighted by Crippen LogP contribution is 2.24. The molecule has 0 spiro atoms. The normalized spacial score (nSPS) is 15.6. The number of hydrogen-bond acceptors (Lipinski definition) is 2. The van der Waals surface area contributed by atoms with E-state index in [1.165, 1.54) is 10.8 Å². The Morgan fingerprint density at radius 3 is 2.40 bits per heavy atom. The average molecular weight is 270 g/mol. The fourth-order valence-electron chi connectivity index (χ4n) is 2.29. The van der Waals surface area contributed by atoms with Gasteiger partial charge in [0.15, 0.2) is 0 Å². The summed E-state index contributed by atoms with van der Waals surface area (Å²) in [7, 11) is 0. The maximum Gasteiger partial charge on any atom is 0.224 e. The van der Waals surface area contributed by atoms with Gasteiger partial charge in [0.25, 0.3) is 0 Å². The molecule has 2 aromatic carbocycles. The molecule has 2 rings (SSSR count). The largest absolute Gasteiger partial charge is 0.349 e. The molecule has 2 aromatic rings. The molecule has 0 bridgehead atoms. The molecule has 0 aliphatic carbocycles. The molecule has 3 heteroatoms. The quantitative estimate of drug-likeness (QED) is 0.897. The summed E-state index contributed by atoms with van der Waals surface area (Å²) < 4.78 is 0. The van der Waals surface area contributed by atoms with E-state index in [4.69, 9.17) is 5.73 Å². The van der Waals surface area contributed by atoms with E-state index in [0.717, 1.165) is 5.56 Å². The lowest BCUT2D eigenvalue weighted by molar-refractivity contribution is -0.125. The highest BCUT2D eigenvalue weighted by atomic mass is 16.1. The first-order valence-corrected chi connectivity index (χ1v) is 7.04. The van der Waals surface area contributed by atoms with Crippen LogP contribution in [0.25, 0.3) is 10.8 Å². The third kappa shape index (κ3) is 2.99. The van der Waals surface area contributed by atoms with Crippen LogP contribution in [0, 0.1) is 5.92 Å². The molecule has 0 saturated heterocycles. The van der Waals surface area contributed by atoms with Crippen molar-refractivity contribution in [3.63, 3.8) is 0 Å². The minimum Gasteiger partial charge on any atom is -0.349 e. The lowest BCUT2D eigenvalue weighted by atomic mass is 9.98. The van der Waals surface area contributed by atoms with E-state index >= 15 is 0 Å². The zero-order valence-electron chi connectivity index (χ0n) is 12.3. The molecule has 0 radical (unpaired) electrons. The van der Waals surface area contributed by atoms with Crippen LogP contribution in [0.15, 0.2) is 42.5 Å². The molecule has 20 heavy (non-hydrogen) atoms. The summed E-state index contributed by atoms with van der Waals surface area (Å²) in [6, 6.07) is 14.2. The van der Waals surface area contributed by atoms with Crippen molar-refractivity contribution in [2.75, 3.05) is 0 Å². The summed E-state index contributed by atoms with van der Waals surface area (Å²) in [5.74, 6) is -0.187. The third-order valence-corrected chi connectivity index (χ3v) is 3.85. The van der Waals surface area contributed by atoms with Gasteiger partial charge in [-0.2, -0.15) is 0 Å². The fourth-order valence-corrected chi connectivity index (χ4v) is 2.29. The number of fused-ring (bicyclic) bond motifs is 1. The molecule has 3 unspecified atom stereocenters. The van der Waals surface area contributed by atoms with E-state index in [1.54, 1.807) is 0 Å². The first-order valence-electron chi connectivity index (χ1n) is 7.04. The summed E-state index contributed by atoms with van der Waals surface area (Å²) >= 11 is 0. The Kier molecular flexibility index (Phi) is 4.40. The van der Waals surface area contributed by atoms with Crippen molar-refractivity contribution in [1.29, 1.82) is 0 Å². The average Bonchev–Trinajstić information content (AvgIpc) is 2.45. The van der Waals surface area contributed by atoms with Gasteiger partial charge in [0.05, 0.1) is 6.04 Å². The van der Waals surface area contributed by atoms with Crippen LogP contribution in [0.1, 0.15) is 32.4 Å². The molecular formula is C17H22N2O. The number of nitrogens with two attached hydrogens (primary N) is 1.